The van der Waals surface area contributed by atoms with Crippen LogP contribution in [-0.4, -0.2) is 29.0 Å². The molecule has 1 unspecified atom stereocenters. The minimum Gasteiger partial charge on any atom is -0.350 e. The molecular formula is C12H19ClN4O. The molecule has 3 N–H and O–H groups in total. The third-order valence-corrected chi connectivity index (χ3v) is 2.78. The molecule has 0 aromatic carbocycles. The molecule has 0 aliphatic heterocycles. The first-order chi connectivity index (χ1) is 8.45. The van der Waals surface area contributed by atoms with Gasteiger partial charge in [0, 0.05) is 12.5 Å². The number of nitrogens with two attached hydrogens (primary N) is 1. The molecule has 0 saturated heterocycles. The maximum atomic E-state index is 11.9. The van der Waals surface area contributed by atoms with E-state index in [1.807, 2.05) is 20.8 Å². The summed E-state index contributed by atoms with van der Waals surface area (Å²) in [5.74, 6) is 0.692. The van der Waals surface area contributed by atoms with E-state index in [9.17, 15) is 4.79 Å². The van der Waals surface area contributed by atoms with E-state index in [0.29, 0.717) is 18.9 Å². The molecule has 0 saturated carbocycles. The van der Waals surface area contributed by atoms with Crippen molar-refractivity contribution in [2.24, 2.45) is 11.7 Å². The summed E-state index contributed by atoms with van der Waals surface area (Å²) in [6.45, 7) is 6.91. The van der Waals surface area contributed by atoms with Gasteiger partial charge in [0.1, 0.15) is 11.5 Å². The first-order valence-electron chi connectivity index (χ1n) is 5.96. The van der Waals surface area contributed by atoms with Gasteiger partial charge in [-0.05, 0) is 12.5 Å². The summed E-state index contributed by atoms with van der Waals surface area (Å²) in [4.78, 5) is 20.2. The monoisotopic (exact) mass is 270 g/mol. The maximum Gasteiger partial charge on any atom is 0.271 e. The van der Waals surface area contributed by atoms with E-state index in [2.05, 4.69) is 15.3 Å². The Kier molecular flexibility index (Phi) is 5.50. The molecule has 1 atom stereocenters. The fourth-order valence-corrected chi connectivity index (χ4v) is 1.43. The van der Waals surface area contributed by atoms with Gasteiger partial charge in [-0.3, -0.25) is 4.79 Å². The molecule has 1 aromatic heterocycles. The highest BCUT2D eigenvalue weighted by Crippen LogP contribution is 2.16. The first kappa shape index (κ1) is 14.9. The molecule has 0 radical (unpaired) electrons. The number of amides is 1. The highest BCUT2D eigenvalue weighted by Gasteiger charge is 2.15. The number of nitrogens with one attached hydrogen (secondary N) is 1. The smallest absolute Gasteiger partial charge is 0.271 e. The molecular weight excluding hydrogens is 252 g/mol. The van der Waals surface area contributed by atoms with Crippen LogP contribution in [0.2, 0.25) is 5.02 Å². The van der Waals surface area contributed by atoms with Crippen molar-refractivity contribution in [2.75, 3.05) is 13.1 Å². The van der Waals surface area contributed by atoms with Gasteiger partial charge in [0.25, 0.3) is 5.91 Å². The number of halogens is 1. The van der Waals surface area contributed by atoms with Crippen LogP contribution in [0.1, 0.15) is 43.0 Å². The van der Waals surface area contributed by atoms with Crippen molar-refractivity contribution in [1.29, 1.82) is 0 Å². The third-order valence-electron chi connectivity index (χ3n) is 2.51. The van der Waals surface area contributed by atoms with E-state index >= 15 is 0 Å². The maximum absolute atomic E-state index is 11.9. The molecule has 0 fully saturated rings. The van der Waals surface area contributed by atoms with Crippen LogP contribution in [0.15, 0.2) is 6.20 Å². The van der Waals surface area contributed by atoms with Crippen LogP contribution >= 0.6 is 11.6 Å². The van der Waals surface area contributed by atoms with Crippen LogP contribution in [0.3, 0.4) is 0 Å². The zero-order valence-electron chi connectivity index (χ0n) is 10.9. The summed E-state index contributed by atoms with van der Waals surface area (Å²) in [6.07, 6.45) is 1.46. The standard InChI is InChI=1S/C12H19ClN4O/c1-7(2)11-15-6-9(13)10(17-11)12(18)16-5-8(3)4-14/h6-8H,4-5,14H2,1-3H3,(H,16,18). The van der Waals surface area contributed by atoms with Crippen LogP contribution in [-0.2, 0) is 0 Å². The lowest BCUT2D eigenvalue weighted by Gasteiger charge is -2.11. The number of hydrogen-bond acceptors (Lipinski definition) is 4. The normalized spacial score (nSPS) is 12.6. The predicted octanol–water partition coefficient (Wildman–Crippen LogP) is 1.58. The number of nitrogens with zero attached hydrogens (tertiary/aromatic N) is 2. The van der Waals surface area contributed by atoms with Gasteiger partial charge in [0.05, 0.1) is 11.2 Å². The lowest BCUT2D eigenvalue weighted by atomic mass is 10.2. The Labute approximate surface area is 112 Å². The van der Waals surface area contributed by atoms with Gasteiger partial charge in [-0.15, -0.1) is 0 Å². The molecule has 1 rings (SSSR count). The Bertz CT molecular complexity index is 423. The van der Waals surface area contributed by atoms with Crippen LogP contribution in [0.25, 0.3) is 0 Å². The number of rotatable bonds is 5. The number of hydrogen-bond donors (Lipinski definition) is 2. The molecule has 5 nitrogen and oxygen atoms in total. The quantitative estimate of drug-likeness (QED) is 0.851. The van der Waals surface area contributed by atoms with Crippen LogP contribution in [0.4, 0.5) is 0 Å². The van der Waals surface area contributed by atoms with Crippen molar-refractivity contribution in [1.82, 2.24) is 15.3 Å². The minimum atomic E-state index is -0.287. The van der Waals surface area contributed by atoms with Crippen molar-refractivity contribution in [3.05, 3.63) is 22.7 Å². The van der Waals surface area contributed by atoms with Gasteiger partial charge in [-0.25, -0.2) is 9.97 Å². The summed E-state index contributed by atoms with van der Waals surface area (Å²) in [7, 11) is 0. The fourth-order valence-electron chi connectivity index (χ4n) is 1.25. The molecule has 1 aromatic rings. The Morgan fingerprint density at radius 3 is 2.72 bits per heavy atom. The SMILES string of the molecule is CC(CN)CNC(=O)c1nc(C(C)C)ncc1Cl. The van der Waals surface area contributed by atoms with E-state index in [1.54, 1.807) is 0 Å². The first-order valence-corrected chi connectivity index (χ1v) is 6.34. The van der Waals surface area contributed by atoms with Crippen molar-refractivity contribution >= 4 is 17.5 Å². The van der Waals surface area contributed by atoms with Gasteiger partial charge in [-0.2, -0.15) is 0 Å². The van der Waals surface area contributed by atoms with E-state index < -0.39 is 0 Å². The number of aromatic nitrogens is 2. The van der Waals surface area contributed by atoms with Crippen LogP contribution < -0.4 is 11.1 Å². The summed E-state index contributed by atoms with van der Waals surface area (Å²) in [5.41, 5.74) is 5.71. The molecule has 0 aliphatic carbocycles. The molecule has 0 aliphatic rings. The lowest BCUT2D eigenvalue weighted by Crippen LogP contribution is -2.32. The van der Waals surface area contributed by atoms with Crippen molar-refractivity contribution in [3.63, 3.8) is 0 Å². The van der Waals surface area contributed by atoms with Gasteiger partial charge in [0.15, 0.2) is 0 Å². The summed E-state index contributed by atoms with van der Waals surface area (Å²) in [6, 6.07) is 0. The highest BCUT2D eigenvalue weighted by molar-refractivity contribution is 6.33. The lowest BCUT2D eigenvalue weighted by molar-refractivity contribution is 0.0943. The highest BCUT2D eigenvalue weighted by atomic mass is 35.5. The Morgan fingerprint density at radius 2 is 2.17 bits per heavy atom. The largest absolute Gasteiger partial charge is 0.350 e. The van der Waals surface area contributed by atoms with Crippen LogP contribution in [0, 0.1) is 5.92 Å². The molecule has 1 amide bonds. The zero-order valence-corrected chi connectivity index (χ0v) is 11.7. The van der Waals surface area contributed by atoms with Gasteiger partial charge in [-0.1, -0.05) is 32.4 Å². The van der Waals surface area contributed by atoms with Crippen molar-refractivity contribution in [2.45, 2.75) is 26.7 Å². The predicted molar refractivity (Wildman–Crippen MR) is 71.7 cm³/mol. The minimum absolute atomic E-state index is 0.150. The number of carbonyl (C=O) groups is 1. The van der Waals surface area contributed by atoms with E-state index in [0.717, 1.165) is 0 Å². The third kappa shape index (κ3) is 3.92. The summed E-state index contributed by atoms with van der Waals surface area (Å²) >= 11 is 5.93. The second kappa shape index (κ2) is 6.66. The van der Waals surface area contributed by atoms with Crippen molar-refractivity contribution in [3.8, 4) is 0 Å². The average Bonchev–Trinajstić information content (AvgIpc) is 2.35. The molecule has 6 heteroatoms. The summed E-state index contributed by atoms with van der Waals surface area (Å²) in [5, 5.41) is 3.02. The second-order valence-electron chi connectivity index (χ2n) is 4.63. The average molecular weight is 271 g/mol. The fraction of sp³-hybridized carbons (Fsp3) is 0.583. The van der Waals surface area contributed by atoms with Gasteiger partial charge >= 0.3 is 0 Å². The molecule has 100 valence electrons. The summed E-state index contributed by atoms with van der Waals surface area (Å²) < 4.78 is 0. The molecule has 1 heterocycles. The Morgan fingerprint density at radius 1 is 1.50 bits per heavy atom. The van der Waals surface area contributed by atoms with Crippen molar-refractivity contribution < 1.29 is 4.79 Å². The Hall–Kier alpha value is -1.20. The molecule has 18 heavy (non-hydrogen) atoms. The zero-order chi connectivity index (χ0) is 13.7. The molecule has 0 spiro atoms. The van der Waals surface area contributed by atoms with Gasteiger partial charge in [0.2, 0.25) is 0 Å². The molecule has 0 bridgehead atoms. The van der Waals surface area contributed by atoms with Crippen LogP contribution in [0.5, 0.6) is 0 Å². The topological polar surface area (TPSA) is 80.9 Å². The van der Waals surface area contributed by atoms with E-state index in [-0.39, 0.29) is 28.5 Å². The van der Waals surface area contributed by atoms with E-state index in [1.165, 1.54) is 6.20 Å². The number of carbonyl (C=O) groups excluding carboxylic acids is 1. The van der Waals surface area contributed by atoms with E-state index in [4.69, 9.17) is 17.3 Å². The van der Waals surface area contributed by atoms with Gasteiger partial charge < -0.3 is 11.1 Å². The Balaban J connectivity index is 2.81. The second-order valence-corrected chi connectivity index (χ2v) is 5.04.